The van der Waals surface area contributed by atoms with E-state index in [1.54, 1.807) is 30.3 Å². The predicted octanol–water partition coefficient (Wildman–Crippen LogP) is 7.76. The number of ether oxygens (including phenoxy) is 2. The molecule has 0 unspecified atom stereocenters. The first-order valence-electron chi connectivity index (χ1n) is 15.3. The van der Waals surface area contributed by atoms with Crippen LogP contribution in [0.1, 0.15) is 66.9 Å². The lowest BCUT2D eigenvalue weighted by Crippen LogP contribution is -2.51. The van der Waals surface area contributed by atoms with Crippen molar-refractivity contribution in [2.45, 2.75) is 63.1 Å². The minimum Gasteiger partial charge on any atom is -0.494 e. The summed E-state index contributed by atoms with van der Waals surface area (Å²) >= 11 is 13.1. The third kappa shape index (κ3) is 7.92. The Hall–Kier alpha value is -3.75. The van der Waals surface area contributed by atoms with Gasteiger partial charge in [-0.25, -0.2) is 4.99 Å². The van der Waals surface area contributed by atoms with E-state index >= 15 is 0 Å². The van der Waals surface area contributed by atoms with Crippen LogP contribution in [0.5, 0.6) is 5.75 Å². The van der Waals surface area contributed by atoms with Crippen LogP contribution in [-0.2, 0) is 22.5 Å². The zero-order chi connectivity index (χ0) is 31.6. The molecule has 0 saturated heterocycles. The van der Waals surface area contributed by atoms with Gasteiger partial charge in [0.1, 0.15) is 5.75 Å². The summed E-state index contributed by atoms with van der Waals surface area (Å²) in [5, 5.41) is 16.9. The van der Waals surface area contributed by atoms with Gasteiger partial charge in [-0.15, -0.1) is 0 Å². The molecule has 1 heterocycles. The number of halogens is 2. The van der Waals surface area contributed by atoms with Crippen LogP contribution in [-0.4, -0.2) is 42.2 Å². The number of rotatable bonds is 13. The molecule has 1 aliphatic heterocycles. The van der Waals surface area contributed by atoms with Gasteiger partial charge in [-0.2, -0.15) is 0 Å². The van der Waals surface area contributed by atoms with Gasteiger partial charge in [0.05, 0.1) is 13.2 Å². The van der Waals surface area contributed by atoms with Gasteiger partial charge >= 0.3 is 0 Å². The Morgan fingerprint density at radius 2 is 1.84 bits per heavy atom. The standard InChI is InChI=1S/C34H37Cl2N5O4/c35-27-13-16-29(30(36)19-27)31-34(33(43)38-21-23-7-2-1-3-8-23,20-25-9-4-5-10-26(25)22-39-41-37)40-32(45-31)24-11-14-28(15-12-24)44-18-6-17-42/h4-5,9-16,19,23,31,42H,1-3,6-8,17-18,20-22H2,(H,38,43)/t31-,34-/m1/s1. The zero-order valence-electron chi connectivity index (χ0n) is 25.0. The predicted molar refractivity (Wildman–Crippen MR) is 176 cm³/mol. The molecule has 2 N–H and O–H groups in total. The maximum Gasteiger partial charge on any atom is 0.252 e. The van der Waals surface area contributed by atoms with Crippen molar-refractivity contribution in [2.24, 2.45) is 16.0 Å². The van der Waals surface area contributed by atoms with Crippen LogP contribution in [0.4, 0.5) is 0 Å². The van der Waals surface area contributed by atoms with Crippen LogP contribution in [0, 0.1) is 5.92 Å². The van der Waals surface area contributed by atoms with Crippen LogP contribution in [0.15, 0.2) is 76.8 Å². The van der Waals surface area contributed by atoms with Gasteiger partial charge in [0.2, 0.25) is 5.90 Å². The molecule has 1 amide bonds. The van der Waals surface area contributed by atoms with E-state index in [0.29, 0.717) is 58.3 Å². The van der Waals surface area contributed by atoms with Crippen LogP contribution in [0.25, 0.3) is 10.4 Å². The zero-order valence-corrected chi connectivity index (χ0v) is 26.5. The summed E-state index contributed by atoms with van der Waals surface area (Å²) in [5.74, 6) is 1.08. The van der Waals surface area contributed by atoms with Crippen molar-refractivity contribution in [1.82, 2.24) is 5.32 Å². The number of nitrogens with zero attached hydrogens (tertiary/aromatic N) is 4. The summed E-state index contributed by atoms with van der Waals surface area (Å²) in [4.78, 5) is 22.6. The summed E-state index contributed by atoms with van der Waals surface area (Å²) in [5.41, 5.74) is 10.5. The highest BCUT2D eigenvalue weighted by atomic mass is 35.5. The fourth-order valence-electron chi connectivity index (χ4n) is 6.04. The third-order valence-corrected chi connectivity index (χ3v) is 9.00. The van der Waals surface area contributed by atoms with E-state index < -0.39 is 11.6 Å². The second kappa shape index (κ2) is 15.5. The van der Waals surface area contributed by atoms with E-state index in [1.165, 1.54) is 6.42 Å². The SMILES string of the molecule is [N-]=[N+]=NCc1ccccc1C[C@@]1(C(=O)NCC2CCCCC2)N=C(c2ccc(OCCCO)cc2)O[C@@H]1c1ccc(Cl)cc1Cl. The van der Waals surface area contributed by atoms with E-state index in [0.717, 1.165) is 36.8 Å². The summed E-state index contributed by atoms with van der Waals surface area (Å²) in [7, 11) is 0. The molecule has 9 nitrogen and oxygen atoms in total. The fraction of sp³-hybridized carbons (Fsp3) is 0.412. The number of hydrogen-bond donors (Lipinski definition) is 2. The molecular weight excluding hydrogens is 613 g/mol. The van der Waals surface area contributed by atoms with Gasteiger partial charge in [0.25, 0.3) is 5.91 Å². The molecule has 3 aromatic rings. The lowest BCUT2D eigenvalue weighted by atomic mass is 9.80. The Labute approximate surface area is 273 Å². The Morgan fingerprint density at radius 3 is 2.56 bits per heavy atom. The summed E-state index contributed by atoms with van der Waals surface area (Å²) in [6, 6.07) is 20.0. The summed E-state index contributed by atoms with van der Waals surface area (Å²) < 4.78 is 12.3. The van der Waals surface area contributed by atoms with E-state index in [-0.39, 0.29) is 25.5 Å². The third-order valence-electron chi connectivity index (χ3n) is 8.43. The number of nitrogens with one attached hydrogen (secondary N) is 1. The largest absolute Gasteiger partial charge is 0.494 e. The molecule has 236 valence electrons. The Bertz CT molecular complexity index is 1550. The lowest BCUT2D eigenvalue weighted by Gasteiger charge is -2.33. The molecule has 45 heavy (non-hydrogen) atoms. The Balaban J connectivity index is 1.59. The first kappa shape index (κ1) is 32.6. The average molecular weight is 651 g/mol. The van der Waals surface area contributed by atoms with Crippen molar-refractivity contribution in [2.75, 3.05) is 19.8 Å². The molecule has 1 saturated carbocycles. The van der Waals surface area contributed by atoms with Crippen molar-refractivity contribution in [3.63, 3.8) is 0 Å². The number of aliphatic hydroxyl groups excluding tert-OH is 1. The molecule has 11 heteroatoms. The molecule has 0 bridgehead atoms. The number of hydrogen-bond acceptors (Lipinski definition) is 6. The number of amides is 1. The molecule has 1 aliphatic carbocycles. The maximum absolute atomic E-state index is 14.6. The van der Waals surface area contributed by atoms with Crippen molar-refractivity contribution >= 4 is 35.0 Å². The quantitative estimate of drug-likeness (QED) is 0.0848. The van der Waals surface area contributed by atoms with Crippen molar-refractivity contribution in [3.8, 4) is 5.75 Å². The molecule has 2 atom stereocenters. The molecule has 5 rings (SSSR count). The molecule has 1 fully saturated rings. The normalized spacial score (nSPS) is 19.7. The van der Waals surface area contributed by atoms with E-state index in [2.05, 4.69) is 15.3 Å². The van der Waals surface area contributed by atoms with Gasteiger partial charge in [-0.3, -0.25) is 4.79 Å². The first-order valence-corrected chi connectivity index (χ1v) is 16.1. The average Bonchev–Trinajstić information content (AvgIpc) is 3.44. The van der Waals surface area contributed by atoms with Crippen LogP contribution >= 0.6 is 23.2 Å². The minimum absolute atomic E-state index is 0.0499. The molecular formula is C34H37Cl2N5O4. The number of aliphatic hydroxyl groups is 1. The van der Waals surface area contributed by atoms with Gasteiger partial charge in [-0.1, -0.05) is 77.9 Å². The van der Waals surface area contributed by atoms with Gasteiger partial charge in [-0.05, 0) is 71.8 Å². The van der Waals surface area contributed by atoms with Crippen molar-refractivity contribution in [1.29, 1.82) is 0 Å². The van der Waals surface area contributed by atoms with Crippen LogP contribution in [0.3, 0.4) is 0 Å². The minimum atomic E-state index is -1.44. The molecule has 0 spiro atoms. The van der Waals surface area contributed by atoms with Gasteiger partial charge in [0.15, 0.2) is 11.6 Å². The van der Waals surface area contributed by atoms with Gasteiger partial charge < -0.3 is 19.9 Å². The van der Waals surface area contributed by atoms with E-state index in [1.807, 2.05) is 36.4 Å². The van der Waals surface area contributed by atoms with E-state index in [9.17, 15) is 4.79 Å². The van der Waals surface area contributed by atoms with Gasteiger partial charge in [0, 0.05) is 52.1 Å². The van der Waals surface area contributed by atoms with Crippen LogP contribution in [0.2, 0.25) is 10.0 Å². The molecule has 0 radical (unpaired) electrons. The second-order valence-electron chi connectivity index (χ2n) is 11.5. The number of carbonyl (C=O) groups excluding carboxylic acids is 1. The summed E-state index contributed by atoms with van der Waals surface area (Å²) in [6.07, 6.45) is 5.52. The topological polar surface area (TPSA) is 129 Å². The molecule has 3 aromatic carbocycles. The Morgan fingerprint density at radius 1 is 1.09 bits per heavy atom. The fourth-order valence-corrected chi connectivity index (χ4v) is 6.54. The number of aliphatic imine (C=N–C) groups is 1. The van der Waals surface area contributed by atoms with E-state index in [4.69, 9.17) is 48.3 Å². The molecule has 0 aromatic heterocycles. The van der Waals surface area contributed by atoms with Crippen molar-refractivity contribution in [3.05, 3.63) is 109 Å². The number of benzene rings is 3. The highest BCUT2D eigenvalue weighted by Gasteiger charge is 2.54. The first-order chi connectivity index (χ1) is 21.9. The number of carbonyl (C=O) groups is 1. The number of azide groups is 1. The molecule has 2 aliphatic rings. The monoisotopic (exact) mass is 649 g/mol. The lowest BCUT2D eigenvalue weighted by molar-refractivity contribution is -0.129. The highest BCUT2D eigenvalue weighted by Crippen LogP contribution is 2.45. The van der Waals surface area contributed by atoms with Crippen molar-refractivity contribution < 1.29 is 19.4 Å². The maximum atomic E-state index is 14.6. The highest BCUT2D eigenvalue weighted by molar-refractivity contribution is 6.35. The summed E-state index contributed by atoms with van der Waals surface area (Å²) in [6.45, 7) is 1.12. The Kier molecular flexibility index (Phi) is 11.2. The van der Waals surface area contributed by atoms with Crippen LogP contribution < -0.4 is 10.1 Å². The second-order valence-corrected chi connectivity index (χ2v) is 12.3. The smallest absolute Gasteiger partial charge is 0.252 e.